The van der Waals surface area contributed by atoms with Gasteiger partial charge in [0.05, 0.1) is 34.8 Å². The number of aliphatic hydroxyl groups excluding tert-OH is 2. The van der Waals surface area contributed by atoms with Gasteiger partial charge >= 0.3 is 35.6 Å². The van der Waals surface area contributed by atoms with E-state index in [2.05, 4.69) is 0 Å². The average molecular weight is 1080 g/mol. The van der Waals surface area contributed by atoms with Crippen molar-refractivity contribution < 1.29 is 153 Å². The fourth-order valence-corrected chi connectivity index (χ4v) is 11.6. The maximum absolute atomic E-state index is 15.9. The molecular weight excluding hydrogens is 1050 g/mol. The van der Waals surface area contributed by atoms with Gasteiger partial charge in [-0.3, -0.25) is 4.79 Å². The highest BCUT2D eigenvalue weighted by molar-refractivity contribution is 6.08. The quantitative estimate of drug-likeness (QED) is 0.0554. The van der Waals surface area contributed by atoms with E-state index in [4.69, 9.17) is 47.4 Å². The van der Waals surface area contributed by atoms with Gasteiger partial charge in [-0.2, -0.15) is 0 Å². The lowest BCUT2D eigenvalue weighted by atomic mass is 9.53. The Balaban J connectivity index is 1.11. The summed E-state index contributed by atoms with van der Waals surface area (Å²) in [5.74, 6) is -41.2. The summed E-state index contributed by atoms with van der Waals surface area (Å²) in [4.78, 5) is 74.4. The van der Waals surface area contributed by atoms with Crippen molar-refractivity contribution >= 4 is 29.8 Å². The molecule has 7 heterocycles. The van der Waals surface area contributed by atoms with E-state index in [-0.39, 0.29) is 0 Å². The van der Waals surface area contributed by atoms with Crippen LogP contribution in [0.2, 0.25) is 0 Å². The van der Waals surface area contributed by atoms with Crippen LogP contribution in [0.1, 0.15) is 59.3 Å². The Morgan fingerprint density at radius 2 is 1.18 bits per heavy atom. The normalized spacial score (nSPS) is 36.1. The number of hydrogen-bond donors (Lipinski definition) is 16. The lowest BCUT2D eigenvalue weighted by Gasteiger charge is -2.62. The number of rotatable bonds is 2. The van der Waals surface area contributed by atoms with Crippen molar-refractivity contribution in [2.75, 3.05) is 13.2 Å². The number of cyclic esters (lactones) is 1. The Hall–Kier alpha value is -8.53. The van der Waals surface area contributed by atoms with Crippen molar-refractivity contribution in [3.8, 4) is 80.1 Å². The predicted molar refractivity (Wildman–Crippen MR) is 228 cm³/mol. The Morgan fingerprint density at radius 1 is 0.623 bits per heavy atom. The van der Waals surface area contributed by atoms with Gasteiger partial charge in [0.15, 0.2) is 64.0 Å². The summed E-state index contributed by atoms with van der Waals surface area (Å²) in [6.07, 6.45) is -21.0. The SMILES string of the molecule is O=C(O[C@@H]1O[C@@H]2COC(=O)c3cc(O)c(O)c(O)c3-c3c(cc(O)c(O)c3O)C(=O)O[C@@H]3[C@H]1OC(=O)c1cc(O)c(O)c4c1[C@@H]1[C@@]5(C[C@@]6(O)O[C@]7(OC[C@H](O)[C@H]7O)C5O[C@]1(O)[C@@]6(O)O4)C(=O)O[C@@H]32)c1cc(O)c(O)c(O)c1. The zero-order valence-electron chi connectivity index (χ0n) is 38.0. The van der Waals surface area contributed by atoms with Crippen molar-refractivity contribution in [1.29, 1.82) is 0 Å². The first-order chi connectivity index (χ1) is 36.1. The number of ether oxygens (including phenoxy) is 10. The molecule has 4 aromatic carbocycles. The number of fused-ring (bicyclic) bond motifs is 6. The molecule has 0 aromatic heterocycles. The number of aromatic hydroxyl groups is 11. The molecular formula is C46H36O31. The second kappa shape index (κ2) is 15.5. The van der Waals surface area contributed by atoms with Crippen LogP contribution in [0.25, 0.3) is 11.1 Å². The zero-order chi connectivity index (χ0) is 55.3. The molecule has 14 atom stereocenters. The molecule has 8 aliphatic rings. The molecule has 5 fully saturated rings. The summed E-state index contributed by atoms with van der Waals surface area (Å²) >= 11 is 0. The number of hydrogen-bond acceptors (Lipinski definition) is 31. The Bertz CT molecular complexity index is 3370. The van der Waals surface area contributed by atoms with Crippen LogP contribution in [-0.2, 0) is 47.4 Å². The van der Waals surface area contributed by atoms with Crippen molar-refractivity contribution in [2.24, 2.45) is 5.41 Å². The molecule has 31 nitrogen and oxygen atoms in total. The highest BCUT2D eigenvalue weighted by atomic mass is 16.9. The molecule has 1 aliphatic carbocycles. The van der Waals surface area contributed by atoms with E-state index in [1.165, 1.54) is 0 Å². The second-order valence-electron chi connectivity index (χ2n) is 19.1. The number of aliphatic hydroxyl groups is 5. The molecule has 12 rings (SSSR count). The third kappa shape index (κ3) is 6.06. The molecule has 0 radical (unpaired) electrons. The highest BCUT2D eigenvalue weighted by Crippen LogP contribution is 2.77. The van der Waals surface area contributed by atoms with E-state index in [1.807, 2.05) is 0 Å². The zero-order valence-corrected chi connectivity index (χ0v) is 38.0. The maximum atomic E-state index is 15.9. The van der Waals surface area contributed by atoms with Crippen LogP contribution in [0.15, 0.2) is 30.3 Å². The fourth-order valence-electron chi connectivity index (χ4n) is 11.6. The summed E-state index contributed by atoms with van der Waals surface area (Å²) in [5, 5.41) is 179. The largest absolute Gasteiger partial charge is 0.504 e. The molecule has 2 spiro atoms. The molecule has 1 unspecified atom stereocenters. The molecule has 9 bridgehead atoms. The Morgan fingerprint density at radius 3 is 1.79 bits per heavy atom. The fraction of sp³-hybridized carbons (Fsp3) is 0.370. The molecule has 4 aromatic rings. The summed E-state index contributed by atoms with van der Waals surface area (Å²) in [5.41, 5.74) is -10.4. The first kappa shape index (κ1) is 49.4. The van der Waals surface area contributed by atoms with Gasteiger partial charge in [0, 0.05) is 23.1 Å². The molecule has 16 N–H and O–H groups in total. The number of phenolic OH excluding ortho intramolecular Hbond substituents is 11. The third-order valence-electron chi connectivity index (χ3n) is 15.0. The van der Waals surface area contributed by atoms with Crippen LogP contribution in [0.3, 0.4) is 0 Å². The van der Waals surface area contributed by atoms with E-state index in [0.717, 1.165) is 0 Å². The molecule has 31 heteroatoms. The summed E-state index contributed by atoms with van der Waals surface area (Å²) < 4.78 is 58.2. The minimum absolute atomic E-state index is 0.357. The lowest BCUT2D eigenvalue weighted by Crippen LogP contribution is -2.83. The topological polar surface area (TPSA) is 501 Å². The first-order valence-electron chi connectivity index (χ1n) is 22.4. The summed E-state index contributed by atoms with van der Waals surface area (Å²) in [6.45, 7) is -2.24. The van der Waals surface area contributed by atoms with E-state index in [9.17, 15) is 96.1 Å². The smallest absolute Gasteiger partial charge is 0.340 e. The van der Waals surface area contributed by atoms with Crippen LogP contribution < -0.4 is 4.74 Å². The van der Waals surface area contributed by atoms with Crippen LogP contribution in [0.4, 0.5) is 0 Å². The molecule has 0 amide bonds. The van der Waals surface area contributed by atoms with Gasteiger partial charge in [-0.05, 0) is 30.3 Å². The Labute approximate surface area is 423 Å². The molecule has 77 heavy (non-hydrogen) atoms. The molecule has 4 saturated heterocycles. The van der Waals surface area contributed by atoms with E-state index >= 15 is 9.59 Å². The van der Waals surface area contributed by atoms with E-state index in [0.29, 0.717) is 30.3 Å². The number of esters is 5. The van der Waals surface area contributed by atoms with Crippen LogP contribution in [-0.4, -0.2) is 197 Å². The highest BCUT2D eigenvalue weighted by Gasteiger charge is 2.95. The van der Waals surface area contributed by atoms with Gasteiger partial charge in [0.1, 0.15) is 36.4 Å². The summed E-state index contributed by atoms with van der Waals surface area (Å²) in [7, 11) is 0. The van der Waals surface area contributed by atoms with Crippen molar-refractivity contribution in [3.05, 3.63) is 58.1 Å². The standard InChI is InChI=1S/C46H36O31/c47-13-1-9(2-14(48)23(13)53)35(60)74-39-32-31-29(19(70-39)7-68-36(61)10-3-15(49)24(54)27(57)20(10)21-11(37(62)71-31)4-16(50)25(55)28(21)58)73-41(64)42-8-43(65)46(67)45(66,76-40(42)44(77-43)34(59)18(52)6-69-44)33(42)22-12(38(63)72-32)5-17(51)26(56)30(22)75-46/h1-5,18-19,29,31-34,39-40,47-59,65-67H,6-8H2/t18-,19+,29+,31-,32+,33+,34+,39-,40?,42+,43+,44-,45-,46-/m0/s1. The van der Waals surface area contributed by atoms with Gasteiger partial charge in [-0.1, -0.05) is 0 Å². The molecule has 406 valence electrons. The number of phenols is 11. The van der Waals surface area contributed by atoms with Crippen LogP contribution >= 0.6 is 0 Å². The number of carbonyl (C=O) groups excluding carboxylic acids is 5. The summed E-state index contributed by atoms with van der Waals surface area (Å²) in [6, 6.07) is 2.36. The minimum atomic E-state index is -3.81. The van der Waals surface area contributed by atoms with Gasteiger partial charge < -0.3 is 129 Å². The predicted octanol–water partition coefficient (Wildman–Crippen LogP) is -2.65. The molecule has 7 aliphatic heterocycles. The van der Waals surface area contributed by atoms with Gasteiger partial charge in [-0.15, -0.1) is 0 Å². The van der Waals surface area contributed by atoms with E-state index < -0.39 is 241 Å². The molecule has 1 saturated carbocycles. The third-order valence-corrected chi connectivity index (χ3v) is 15.0. The first-order valence-corrected chi connectivity index (χ1v) is 22.4. The monoisotopic (exact) mass is 1080 g/mol. The Kier molecular flexibility index (Phi) is 9.96. The lowest BCUT2D eigenvalue weighted by molar-refractivity contribution is -0.490. The van der Waals surface area contributed by atoms with Crippen molar-refractivity contribution in [2.45, 2.75) is 84.5 Å². The van der Waals surface area contributed by atoms with Gasteiger partial charge in [-0.25, -0.2) is 19.2 Å². The van der Waals surface area contributed by atoms with Crippen LogP contribution in [0, 0.1) is 5.41 Å². The minimum Gasteiger partial charge on any atom is -0.504 e. The average Bonchev–Trinajstić information content (AvgIpc) is 2.35. The van der Waals surface area contributed by atoms with Gasteiger partial charge in [0.2, 0.25) is 47.0 Å². The second-order valence-corrected chi connectivity index (χ2v) is 19.1. The van der Waals surface area contributed by atoms with Crippen molar-refractivity contribution in [1.82, 2.24) is 0 Å². The van der Waals surface area contributed by atoms with Gasteiger partial charge in [0.25, 0.3) is 0 Å². The van der Waals surface area contributed by atoms with Crippen LogP contribution in [0.5, 0.6) is 69.0 Å². The van der Waals surface area contributed by atoms with E-state index in [1.54, 1.807) is 0 Å². The number of benzene rings is 4. The number of carbonyl (C=O) groups is 5. The van der Waals surface area contributed by atoms with Crippen molar-refractivity contribution in [3.63, 3.8) is 0 Å². The maximum Gasteiger partial charge on any atom is 0.340 e.